The Kier molecular flexibility index (Phi) is 5.50. The first kappa shape index (κ1) is 22.3. The Hall–Kier alpha value is -3.48. The maximum absolute atomic E-state index is 17.3. The predicted octanol–water partition coefficient (Wildman–Crippen LogP) is 5.90. The van der Waals surface area contributed by atoms with Gasteiger partial charge in [-0.3, -0.25) is 9.78 Å². The second-order valence-corrected chi connectivity index (χ2v) is 8.98. The zero-order valence-electron chi connectivity index (χ0n) is 18.3. The number of benzene rings is 2. The zero-order chi connectivity index (χ0) is 24.0. The number of nitrogens with zero attached hydrogens (tertiary/aromatic N) is 4. The van der Waals surface area contributed by atoms with Crippen molar-refractivity contribution in [3.63, 3.8) is 0 Å². The summed E-state index contributed by atoms with van der Waals surface area (Å²) >= 11 is 12.3. The van der Waals surface area contributed by atoms with Crippen LogP contribution in [0.2, 0.25) is 10.0 Å². The fourth-order valence-corrected chi connectivity index (χ4v) is 4.54. The highest BCUT2D eigenvalue weighted by Gasteiger charge is 2.41. The van der Waals surface area contributed by atoms with Gasteiger partial charge in [-0.1, -0.05) is 47.5 Å². The number of aromatic nitrogens is 4. The molecule has 0 fully saturated rings. The number of pyridine rings is 2. The molecule has 3 aromatic heterocycles. The molecule has 0 radical (unpaired) electrons. The molecule has 0 aliphatic carbocycles. The van der Waals surface area contributed by atoms with Crippen molar-refractivity contribution < 1.29 is 4.39 Å². The van der Waals surface area contributed by atoms with Crippen molar-refractivity contribution in [2.75, 3.05) is 0 Å². The number of hydrogen-bond acceptors (Lipinski definition) is 3. The minimum Gasteiger partial charge on any atom is -0.334 e. The van der Waals surface area contributed by atoms with E-state index in [1.165, 1.54) is 23.0 Å². The Morgan fingerprint density at radius 1 is 0.941 bits per heavy atom. The van der Waals surface area contributed by atoms with Crippen molar-refractivity contribution >= 4 is 34.1 Å². The van der Waals surface area contributed by atoms with Crippen LogP contribution >= 0.6 is 23.2 Å². The molecular formula is C26H19Cl2FN4O. The van der Waals surface area contributed by atoms with E-state index in [-0.39, 0.29) is 11.3 Å². The SMILES string of the molecule is Cn1cncc1[C@@](F)(c1ccc(Cl)cc1)c1cc2c(-c3cccc(Cl)c3)cc(=O)n(C)c2cn1. The number of alkyl halides is 1. The van der Waals surface area contributed by atoms with Gasteiger partial charge < -0.3 is 9.13 Å². The van der Waals surface area contributed by atoms with Gasteiger partial charge in [-0.15, -0.1) is 0 Å². The predicted molar refractivity (Wildman–Crippen MR) is 133 cm³/mol. The lowest BCUT2D eigenvalue weighted by molar-refractivity contribution is 0.260. The van der Waals surface area contributed by atoms with E-state index >= 15 is 4.39 Å². The van der Waals surface area contributed by atoms with Gasteiger partial charge in [0.2, 0.25) is 5.67 Å². The zero-order valence-corrected chi connectivity index (χ0v) is 19.8. The van der Waals surface area contributed by atoms with Crippen LogP contribution < -0.4 is 5.56 Å². The summed E-state index contributed by atoms with van der Waals surface area (Å²) in [6.45, 7) is 0. The summed E-state index contributed by atoms with van der Waals surface area (Å²) in [4.78, 5) is 21.3. The molecule has 0 aliphatic rings. The molecule has 0 amide bonds. The van der Waals surface area contributed by atoms with Crippen LogP contribution in [0.3, 0.4) is 0 Å². The number of rotatable bonds is 4. The molecule has 5 aromatic rings. The van der Waals surface area contributed by atoms with Crippen LogP contribution in [0.4, 0.5) is 4.39 Å². The van der Waals surface area contributed by atoms with Crippen LogP contribution in [0, 0.1) is 0 Å². The maximum atomic E-state index is 17.3. The molecule has 0 spiro atoms. The summed E-state index contributed by atoms with van der Waals surface area (Å²) in [5.74, 6) is 0. The van der Waals surface area contributed by atoms with E-state index in [9.17, 15) is 4.79 Å². The van der Waals surface area contributed by atoms with Gasteiger partial charge in [0.15, 0.2) is 0 Å². The standard InChI is InChI=1S/C26H19Cl2FN4O/c1-32-15-30-14-24(32)26(29,17-6-8-18(27)9-7-17)23-11-21-20(16-4-3-5-19(28)10-16)12-25(34)33(2)22(21)13-31-23/h3-15H,1-2H3/t26-/m1/s1. The van der Waals surface area contributed by atoms with E-state index in [4.69, 9.17) is 23.2 Å². The van der Waals surface area contributed by atoms with Crippen LogP contribution in [0.15, 0.2) is 84.2 Å². The first-order chi connectivity index (χ1) is 16.3. The fraction of sp³-hybridized carbons (Fsp3) is 0.115. The maximum Gasteiger partial charge on any atom is 0.251 e. The Bertz CT molecular complexity index is 1590. The smallest absolute Gasteiger partial charge is 0.251 e. The highest BCUT2D eigenvalue weighted by Crippen LogP contribution is 2.41. The van der Waals surface area contributed by atoms with Crippen molar-refractivity contribution in [2.45, 2.75) is 5.67 Å². The van der Waals surface area contributed by atoms with E-state index in [0.717, 1.165) is 5.56 Å². The Labute approximate surface area is 205 Å². The molecule has 0 saturated carbocycles. The third-order valence-corrected chi connectivity index (χ3v) is 6.52. The minimum absolute atomic E-state index is 0.160. The normalized spacial score (nSPS) is 13.2. The molecule has 34 heavy (non-hydrogen) atoms. The molecular weight excluding hydrogens is 474 g/mol. The van der Waals surface area contributed by atoms with Gasteiger partial charge in [0.05, 0.1) is 35.6 Å². The van der Waals surface area contributed by atoms with Crippen LogP contribution in [-0.4, -0.2) is 19.1 Å². The average Bonchev–Trinajstić information content (AvgIpc) is 3.27. The van der Waals surface area contributed by atoms with E-state index < -0.39 is 5.67 Å². The summed E-state index contributed by atoms with van der Waals surface area (Å²) < 4.78 is 20.4. The van der Waals surface area contributed by atoms with Gasteiger partial charge in [0, 0.05) is 41.2 Å². The topological polar surface area (TPSA) is 52.7 Å². The molecule has 0 saturated heterocycles. The van der Waals surface area contributed by atoms with Gasteiger partial charge in [-0.05, 0) is 41.5 Å². The monoisotopic (exact) mass is 492 g/mol. The summed E-state index contributed by atoms with van der Waals surface area (Å²) in [6.07, 6.45) is 4.56. The Morgan fingerprint density at radius 2 is 1.71 bits per heavy atom. The average molecular weight is 493 g/mol. The summed E-state index contributed by atoms with van der Waals surface area (Å²) in [5.41, 5.74) is 0.494. The first-order valence-corrected chi connectivity index (χ1v) is 11.2. The lowest BCUT2D eigenvalue weighted by Gasteiger charge is -2.26. The molecule has 2 aromatic carbocycles. The molecule has 0 N–H and O–H groups in total. The number of fused-ring (bicyclic) bond motifs is 1. The molecule has 170 valence electrons. The molecule has 8 heteroatoms. The minimum atomic E-state index is -2.12. The lowest BCUT2D eigenvalue weighted by Crippen LogP contribution is -2.28. The van der Waals surface area contributed by atoms with Crippen LogP contribution in [-0.2, 0) is 19.8 Å². The molecule has 0 unspecified atom stereocenters. The fourth-order valence-electron chi connectivity index (χ4n) is 4.23. The van der Waals surface area contributed by atoms with E-state index in [2.05, 4.69) is 9.97 Å². The van der Waals surface area contributed by atoms with E-state index in [0.29, 0.717) is 37.8 Å². The molecule has 5 rings (SSSR count). The van der Waals surface area contributed by atoms with Crippen molar-refractivity contribution in [1.82, 2.24) is 19.1 Å². The van der Waals surface area contributed by atoms with Crippen LogP contribution in [0.5, 0.6) is 0 Å². The van der Waals surface area contributed by atoms with Crippen LogP contribution in [0.25, 0.3) is 22.0 Å². The molecule has 5 nitrogen and oxygen atoms in total. The Morgan fingerprint density at radius 3 is 2.38 bits per heavy atom. The van der Waals surface area contributed by atoms with Gasteiger partial charge >= 0.3 is 0 Å². The number of halogens is 3. The molecule has 0 aliphatic heterocycles. The van der Waals surface area contributed by atoms with Gasteiger partial charge in [0.25, 0.3) is 5.56 Å². The van der Waals surface area contributed by atoms with E-state index in [1.54, 1.807) is 67.5 Å². The lowest BCUT2D eigenvalue weighted by atomic mass is 9.87. The summed E-state index contributed by atoms with van der Waals surface area (Å²) in [5, 5.41) is 1.71. The van der Waals surface area contributed by atoms with E-state index in [1.807, 2.05) is 12.1 Å². The van der Waals surface area contributed by atoms with Crippen molar-refractivity contribution in [3.05, 3.63) is 117 Å². The third-order valence-electron chi connectivity index (χ3n) is 6.03. The second kappa shape index (κ2) is 8.38. The molecule has 1 atom stereocenters. The van der Waals surface area contributed by atoms with Crippen molar-refractivity contribution in [1.29, 1.82) is 0 Å². The van der Waals surface area contributed by atoms with Gasteiger partial charge in [0.1, 0.15) is 0 Å². The highest BCUT2D eigenvalue weighted by molar-refractivity contribution is 6.31. The molecule has 3 heterocycles. The summed E-state index contributed by atoms with van der Waals surface area (Å²) in [7, 11) is 3.39. The first-order valence-electron chi connectivity index (χ1n) is 10.5. The van der Waals surface area contributed by atoms with Gasteiger partial charge in [-0.25, -0.2) is 9.37 Å². The number of hydrogen-bond donors (Lipinski definition) is 0. The number of imidazole rings is 1. The highest BCUT2D eigenvalue weighted by atomic mass is 35.5. The Balaban J connectivity index is 1.84. The largest absolute Gasteiger partial charge is 0.334 e. The summed E-state index contributed by atoms with van der Waals surface area (Å²) in [6, 6.07) is 17.0. The number of aryl methyl sites for hydroxylation is 2. The molecule has 0 bridgehead atoms. The quantitative estimate of drug-likeness (QED) is 0.313. The third kappa shape index (κ3) is 3.59. The second-order valence-electron chi connectivity index (χ2n) is 8.11. The van der Waals surface area contributed by atoms with Crippen molar-refractivity contribution in [2.24, 2.45) is 14.1 Å². The van der Waals surface area contributed by atoms with Crippen LogP contribution in [0.1, 0.15) is 17.0 Å². The van der Waals surface area contributed by atoms with Crippen molar-refractivity contribution in [3.8, 4) is 11.1 Å². The van der Waals surface area contributed by atoms with Gasteiger partial charge in [-0.2, -0.15) is 0 Å².